The lowest BCUT2D eigenvalue weighted by Gasteiger charge is -2.20. The number of hydrogen-bond acceptors (Lipinski definition) is 6. The van der Waals surface area contributed by atoms with Crippen molar-refractivity contribution in [2.75, 3.05) is 24.6 Å². The van der Waals surface area contributed by atoms with Crippen LogP contribution in [-0.4, -0.2) is 48.1 Å². The molecule has 1 aromatic carbocycles. The van der Waals surface area contributed by atoms with E-state index in [2.05, 4.69) is 15.3 Å². The van der Waals surface area contributed by atoms with Gasteiger partial charge in [0.2, 0.25) is 11.8 Å². The van der Waals surface area contributed by atoms with Crippen molar-refractivity contribution in [3.8, 4) is 11.6 Å². The SMILES string of the molecule is CC(=O)N[C@@H](C)c1ccc(O[C@@H]2CCN(c3ncnc(OCC(F)F)c3Cl)C2)cc1. The highest BCUT2D eigenvalue weighted by Crippen LogP contribution is 2.33. The van der Waals surface area contributed by atoms with Gasteiger partial charge in [-0.25, -0.2) is 18.7 Å². The molecule has 0 bridgehead atoms. The molecule has 1 aromatic heterocycles. The number of aromatic nitrogens is 2. The summed E-state index contributed by atoms with van der Waals surface area (Å²) in [6.07, 6.45) is -0.709. The summed E-state index contributed by atoms with van der Waals surface area (Å²) in [5, 5.41) is 2.94. The number of carbonyl (C=O) groups is 1. The van der Waals surface area contributed by atoms with Crippen LogP contribution in [0.15, 0.2) is 30.6 Å². The van der Waals surface area contributed by atoms with Crippen LogP contribution in [0.25, 0.3) is 0 Å². The van der Waals surface area contributed by atoms with Crippen LogP contribution in [0.5, 0.6) is 11.6 Å². The van der Waals surface area contributed by atoms with Crippen molar-refractivity contribution in [3.05, 3.63) is 41.2 Å². The maximum absolute atomic E-state index is 12.4. The first-order valence-corrected chi connectivity index (χ1v) is 9.91. The molecule has 2 aromatic rings. The average Bonchev–Trinajstić information content (AvgIpc) is 3.15. The van der Waals surface area contributed by atoms with Crippen LogP contribution >= 0.6 is 11.6 Å². The highest BCUT2D eigenvalue weighted by molar-refractivity contribution is 6.34. The Kier molecular flexibility index (Phi) is 7.25. The summed E-state index contributed by atoms with van der Waals surface area (Å²) in [7, 11) is 0. The van der Waals surface area contributed by atoms with Gasteiger partial charge in [0.25, 0.3) is 6.43 Å². The standard InChI is InChI=1S/C20H23ClF2N4O3/c1-12(26-13(2)28)14-3-5-15(6-4-14)30-16-7-8-27(9-16)19-18(21)20(25-11-24-19)29-10-17(22)23/h3-6,11-12,16-17H,7-10H2,1-2H3,(H,26,28)/t12-,16+/m0/s1. The van der Waals surface area contributed by atoms with E-state index >= 15 is 0 Å². The number of ether oxygens (including phenoxy) is 2. The van der Waals surface area contributed by atoms with Crippen molar-refractivity contribution in [1.82, 2.24) is 15.3 Å². The van der Waals surface area contributed by atoms with E-state index in [0.717, 1.165) is 17.7 Å². The van der Waals surface area contributed by atoms with E-state index in [0.29, 0.717) is 18.9 Å². The van der Waals surface area contributed by atoms with E-state index in [1.54, 1.807) is 0 Å². The summed E-state index contributed by atoms with van der Waals surface area (Å²) in [4.78, 5) is 21.1. The van der Waals surface area contributed by atoms with Crippen molar-refractivity contribution in [1.29, 1.82) is 0 Å². The molecule has 1 fully saturated rings. The smallest absolute Gasteiger partial charge is 0.272 e. The van der Waals surface area contributed by atoms with Gasteiger partial charge < -0.3 is 19.7 Å². The minimum Gasteiger partial charge on any atom is -0.489 e. The lowest BCUT2D eigenvalue weighted by molar-refractivity contribution is -0.119. The molecule has 0 unspecified atom stereocenters. The number of carbonyl (C=O) groups excluding carboxylic acids is 1. The number of nitrogens with one attached hydrogen (secondary N) is 1. The van der Waals surface area contributed by atoms with E-state index in [9.17, 15) is 13.6 Å². The van der Waals surface area contributed by atoms with Crippen molar-refractivity contribution in [3.63, 3.8) is 0 Å². The molecule has 1 N–H and O–H groups in total. The van der Waals surface area contributed by atoms with Gasteiger partial charge >= 0.3 is 0 Å². The molecule has 0 spiro atoms. The summed E-state index contributed by atoms with van der Waals surface area (Å²) < 4.78 is 35.8. The van der Waals surface area contributed by atoms with Crippen LogP contribution in [-0.2, 0) is 4.79 Å². The predicted octanol–water partition coefficient (Wildman–Crippen LogP) is 3.63. The van der Waals surface area contributed by atoms with Gasteiger partial charge in [0, 0.05) is 19.9 Å². The van der Waals surface area contributed by atoms with E-state index < -0.39 is 13.0 Å². The van der Waals surface area contributed by atoms with Gasteiger partial charge in [0.15, 0.2) is 12.4 Å². The zero-order chi connectivity index (χ0) is 21.7. The van der Waals surface area contributed by atoms with Crippen LogP contribution < -0.4 is 19.7 Å². The third-order valence-electron chi connectivity index (χ3n) is 4.63. The minimum atomic E-state index is -2.61. The Hall–Kier alpha value is -2.68. The maximum atomic E-state index is 12.4. The lowest BCUT2D eigenvalue weighted by atomic mass is 10.1. The van der Waals surface area contributed by atoms with Crippen LogP contribution in [0.2, 0.25) is 5.02 Å². The molecule has 1 aliphatic heterocycles. The molecule has 7 nitrogen and oxygen atoms in total. The second-order valence-electron chi connectivity index (χ2n) is 6.98. The zero-order valence-electron chi connectivity index (χ0n) is 16.6. The fourth-order valence-electron chi connectivity index (χ4n) is 3.24. The first-order valence-electron chi connectivity index (χ1n) is 9.53. The molecular weight excluding hydrogens is 418 g/mol. The van der Waals surface area contributed by atoms with Gasteiger partial charge in [-0.1, -0.05) is 23.7 Å². The van der Waals surface area contributed by atoms with Crippen LogP contribution in [0.1, 0.15) is 31.9 Å². The fourth-order valence-corrected chi connectivity index (χ4v) is 3.51. The Bertz CT molecular complexity index is 870. The van der Waals surface area contributed by atoms with E-state index in [-0.39, 0.29) is 29.0 Å². The van der Waals surface area contributed by atoms with Gasteiger partial charge in [-0.15, -0.1) is 0 Å². The van der Waals surface area contributed by atoms with Gasteiger partial charge in [-0.2, -0.15) is 0 Å². The summed E-state index contributed by atoms with van der Waals surface area (Å²) in [6.45, 7) is 3.80. The Morgan fingerprint density at radius 1 is 1.33 bits per heavy atom. The van der Waals surface area contributed by atoms with Crippen molar-refractivity contribution >= 4 is 23.3 Å². The number of anilines is 1. The molecular formula is C20H23ClF2N4O3. The highest BCUT2D eigenvalue weighted by atomic mass is 35.5. The van der Waals surface area contributed by atoms with E-state index in [4.69, 9.17) is 21.1 Å². The van der Waals surface area contributed by atoms with Crippen LogP contribution in [0.4, 0.5) is 14.6 Å². The number of hydrogen-bond donors (Lipinski definition) is 1. The van der Waals surface area contributed by atoms with E-state index in [1.165, 1.54) is 13.3 Å². The van der Waals surface area contributed by atoms with Crippen LogP contribution in [0, 0.1) is 0 Å². The van der Waals surface area contributed by atoms with E-state index in [1.807, 2.05) is 36.1 Å². The van der Waals surface area contributed by atoms with Gasteiger partial charge in [-0.3, -0.25) is 4.79 Å². The number of rotatable bonds is 8. The maximum Gasteiger partial charge on any atom is 0.272 e. The zero-order valence-corrected chi connectivity index (χ0v) is 17.4. The highest BCUT2D eigenvalue weighted by Gasteiger charge is 2.28. The molecule has 0 saturated carbocycles. The van der Waals surface area contributed by atoms with Crippen LogP contribution in [0.3, 0.4) is 0 Å². The molecule has 2 atom stereocenters. The molecule has 30 heavy (non-hydrogen) atoms. The number of nitrogens with zero attached hydrogens (tertiary/aromatic N) is 3. The first-order chi connectivity index (χ1) is 14.3. The summed E-state index contributed by atoms with van der Waals surface area (Å²) in [5.41, 5.74) is 0.981. The lowest BCUT2D eigenvalue weighted by Crippen LogP contribution is -2.26. The summed E-state index contributed by atoms with van der Waals surface area (Å²) >= 11 is 6.26. The average molecular weight is 441 g/mol. The van der Waals surface area contributed by atoms with Gasteiger partial charge in [0.1, 0.15) is 23.2 Å². The Morgan fingerprint density at radius 2 is 2.07 bits per heavy atom. The number of alkyl halides is 2. The van der Waals surface area contributed by atoms with Crippen molar-refractivity contribution in [2.45, 2.75) is 38.8 Å². The second-order valence-corrected chi connectivity index (χ2v) is 7.36. The molecule has 0 radical (unpaired) electrons. The van der Waals surface area contributed by atoms with Gasteiger partial charge in [-0.05, 0) is 24.6 Å². The first kappa shape index (κ1) is 22.0. The largest absolute Gasteiger partial charge is 0.489 e. The Labute approximate surface area is 178 Å². The fraction of sp³-hybridized carbons (Fsp3) is 0.450. The summed E-state index contributed by atoms with van der Waals surface area (Å²) in [5.74, 6) is 1.01. The topological polar surface area (TPSA) is 76.6 Å². The Balaban J connectivity index is 1.59. The molecule has 0 aliphatic carbocycles. The quantitative estimate of drug-likeness (QED) is 0.675. The Morgan fingerprint density at radius 3 is 2.73 bits per heavy atom. The summed E-state index contributed by atoms with van der Waals surface area (Å²) in [6, 6.07) is 7.47. The third kappa shape index (κ3) is 5.69. The minimum absolute atomic E-state index is 0.0600. The molecule has 1 saturated heterocycles. The predicted molar refractivity (Wildman–Crippen MR) is 108 cm³/mol. The number of halogens is 3. The number of benzene rings is 1. The van der Waals surface area contributed by atoms with Crippen molar-refractivity contribution < 1.29 is 23.0 Å². The molecule has 1 aliphatic rings. The number of amides is 1. The molecule has 2 heterocycles. The van der Waals surface area contributed by atoms with Crippen molar-refractivity contribution in [2.24, 2.45) is 0 Å². The third-order valence-corrected chi connectivity index (χ3v) is 4.96. The monoisotopic (exact) mass is 440 g/mol. The molecule has 3 rings (SSSR count). The molecule has 162 valence electrons. The molecule has 10 heteroatoms. The second kappa shape index (κ2) is 9.88. The van der Waals surface area contributed by atoms with Gasteiger partial charge in [0.05, 0.1) is 12.6 Å². The normalized spacial score (nSPS) is 17.1. The molecule has 1 amide bonds.